The standard InChI is InChI=1S/C23H28/c1-15-9-11-20(12-10-15)21-13-14-23(19(5)18(21)4)22-8-6-7-16(2)17(22)3/h6-8,11,13-15H,9-10,12H2,1-5H3. The third-order valence-corrected chi connectivity index (χ3v) is 5.70. The fourth-order valence-electron chi connectivity index (χ4n) is 3.71. The maximum Gasteiger partial charge on any atom is -0.0149 e. The number of hydrogen-bond acceptors (Lipinski definition) is 0. The third-order valence-electron chi connectivity index (χ3n) is 5.70. The lowest BCUT2D eigenvalue weighted by atomic mass is 9.83. The van der Waals surface area contributed by atoms with Crippen LogP contribution >= 0.6 is 0 Å². The lowest BCUT2D eigenvalue weighted by Gasteiger charge is -2.22. The van der Waals surface area contributed by atoms with Gasteiger partial charge in [0.05, 0.1) is 0 Å². The molecule has 0 bridgehead atoms. The first kappa shape index (κ1) is 16.1. The minimum atomic E-state index is 0.842. The Morgan fingerprint density at radius 2 is 1.43 bits per heavy atom. The summed E-state index contributed by atoms with van der Waals surface area (Å²) in [5, 5.41) is 0. The average Bonchev–Trinajstić information content (AvgIpc) is 2.54. The lowest BCUT2D eigenvalue weighted by Crippen LogP contribution is -2.03. The monoisotopic (exact) mass is 304 g/mol. The third kappa shape index (κ3) is 3.00. The molecule has 2 aromatic carbocycles. The van der Waals surface area contributed by atoms with Crippen molar-refractivity contribution in [3.05, 3.63) is 64.2 Å². The van der Waals surface area contributed by atoms with E-state index >= 15 is 0 Å². The van der Waals surface area contributed by atoms with Crippen molar-refractivity contribution in [2.45, 2.75) is 53.9 Å². The normalized spacial score (nSPS) is 18.0. The van der Waals surface area contributed by atoms with E-state index in [0.29, 0.717) is 0 Å². The minimum absolute atomic E-state index is 0.842. The molecule has 0 aliphatic heterocycles. The fourth-order valence-corrected chi connectivity index (χ4v) is 3.71. The predicted molar refractivity (Wildman–Crippen MR) is 102 cm³/mol. The van der Waals surface area contributed by atoms with Crippen LogP contribution in [0.3, 0.4) is 0 Å². The van der Waals surface area contributed by atoms with Gasteiger partial charge in [0.1, 0.15) is 0 Å². The van der Waals surface area contributed by atoms with Gasteiger partial charge in [-0.2, -0.15) is 0 Å². The maximum absolute atomic E-state index is 2.47. The van der Waals surface area contributed by atoms with Crippen LogP contribution in [0.25, 0.3) is 16.7 Å². The Kier molecular flexibility index (Phi) is 4.43. The Morgan fingerprint density at radius 1 is 0.783 bits per heavy atom. The van der Waals surface area contributed by atoms with Crippen molar-refractivity contribution in [2.24, 2.45) is 5.92 Å². The lowest BCUT2D eigenvalue weighted by molar-refractivity contribution is 0.534. The smallest absolute Gasteiger partial charge is 0.0149 e. The van der Waals surface area contributed by atoms with Gasteiger partial charge < -0.3 is 0 Å². The van der Waals surface area contributed by atoms with Crippen molar-refractivity contribution in [2.75, 3.05) is 0 Å². The molecule has 0 radical (unpaired) electrons. The van der Waals surface area contributed by atoms with Crippen LogP contribution in [-0.2, 0) is 0 Å². The van der Waals surface area contributed by atoms with Crippen LogP contribution in [0.2, 0.25) is 0 Å². The summed E-state index contributed by atoms with van der Waals surface area (Å²) in [6.45, 7) is 11.4. The van der Waals surface area contributed by atoms with Crippen LogP contribution in [0.4, 0.5) is 0 Å². The molecule has 0 N–H and O–H groups in total. The highest BCUT2D eigenvalue weighted by Gasteiger charge is 2.16. The van der Waals surface area contributed by atoms with Crippen molar-refractivity contribution >= 4 is 5.57 Å². The summed E-state index contributed by atoms with van der Waals surface area (Å²) in [6, 6.07) is 11.3. The van der Waals surface area contributed by atoms with Crippen molar-refractivity contribution in [1.29, 1.82) is 0 Å². The molecule has 2 aromatic rings. The van der Waals surface area contributed by atoms with E-state index in [9.17, 15) is 0 Å². The summed E-state index contributed by atoms with van der Waals surface area (Å²) in [5.74, 6) is 0.842. The first-order valence-corrected chi connectivity index (χ1v) is 8.85. The van der Waals surface area contributed by atoms with Gasteiger partial charge in [0.15, 0.2) is 0 Å². The SMILES string of the molecule is Cc1cccc(-c2ccc(C3=CCC(C)CC3)c(C)c2C)c1C. The number of allylic oxidation sites excluding steroid dienone is 2. The molecular formula is C23H28. The van der Waals surface area contributed by atoms with Gasteiger partial charge in [0.25, 0.3) is 0 Å². The summed E-state index contributed by atoms with van der Waals surface area (Å²) in [7, 11) is 0. The minimum Gasteiger partial charge on any atom is -0.0804 e. The molecule has 1 atom stereocenters. The van der Waals surface area contributed by atoms with Gasteiger partial charge in [0.2, 0.25) is 0 Å². The molecule has 0 spiro atoms. The highest BCUT2D eigenvalue weighted by Crippen LogP contribution is 2.36. The second-order valence-electron chi connectivity index (χ2n) is 7.27. The predicted octanol–water partition coefficient (Wildman–Crippen LogP) is 6.79. The van der Waals surface area contributed by atoms with Crippen LogP contribution in [0.15, 0.2) is 36.4 Å². The second-order valence-corrected chi connectivity index (χ2v) is 7.27. The van der Waals surface area contributed by atoms with Gasteiger partial charge in [-0.05, 0) is 97.4 Å². The molecule has 3 rings (SSSR count). The van der Waals surface area contributed by atoms with E-state index in [2.05, 4.69) is 71.0 Å². The largest absolute Gasteiger partial charge is 0.0804 e. The van der Waals surface area contributed by atoms with Crippen molar-refractivity contribution in [3.8, 4) is 11.1 Å². The molecule has 120 valence electrons. The molecule has 0 heterocycles. The molecule has 1 unspecified atom stereocenters. The molecule has 23 heavy (non-hydrogen) atoms. The van der Waals surface area contributed by atoms with E-state index in [0.717, 1.165) is 5.92 Å². The van der Waals surface area contributed by atoms with Gasteiger partial charge in [0, 0.05) is 0 Å². The molecule has 0 saturated carbocycles. The second kappa shape index (κ2) is 6.35. The topological polar surface area (TPSA) is 0 Å². The summed E-state index contributed by atoms with van der Waals surface area (Å²) >= 11 is 0. The van der Waals surface area contributed by atoms with Gasteiger partial charge >= 0.3 is 0 Å². The van der Waals surface area contributed by atoms with Gasteiger partial charge in [-0.3, -0.25) is 0 Å². The molecule has 0 amide bonds. The maximum atomic E-state index is 2.47. The summed E-state index contributed by atoms with van der Waals surface area (Å²) in [4.78, 5) is 0. The summed E-state index contributed by atoms with van der Waals surface area (Å²) in [5.41, 5.74) is 11.4. The molecule has 0 saturated heterocycles. The number of aryl methyl sites for hydroxylation is 1. The van der Waals surface area contributed by atoms with Crippen LogP contribution in [0.1, 0.15) is 54.0 Å². The quantitative estimate of drug-likeness (QED) is 0.573. The Bertz CT molecular complexity index is 762. The number of rotatable bonds is 2. The average molecular weight is 304 g/mol. The zero-order valence-electron chi connectivity index (χ0n) is 15.2. The van der Waals surface area contributed by atoms with E-state index in [1.54, 1.807) is 5.57 Å². The van der Waals surface area contributed by atoms with E-state index in [1.807, 2.05) is 0 Å². The molecule has 0 fully saturated rings. The molecule has 0 nitrogen and oxygen atoms in total. The molecule has 0 heteroatoms. The van der Waals surface area contributed by atoms with Crippen LogP contribution in [0.5, 0.6) is 0 Å². The summed E-state index contributed by atoms with van der Waals surface area (Å²) in [6.07, 6.45) is 6.24. The first-order valence-electron chi connectivity index (χ1n) is 8.85. The molecule has 0 aromatic heterocycles. The van der Waals surface area contributed by atoms with Crippen molar-refractivity contribution in [1.82, 2.24) is 0 Å². The van der Waals surface area contributed by atoms with Crippen LogP contribution in [0, 0.1) is 33.6 Å². The summed E-state index contributed by atoms with van der Waals surface area (Å²) < 4.78 is 0. The van der Waals surface area contributed by atoms with Crippen molar-refractivity contribution in [3.63, 3.8) is 0 Å². The number of benzene rings is 2. The van der Waals surface area contributed by atoms with Gasteiger partial charge in [-0.1, -0.05) is 43.3 Å². The van der Waals surface area contributed by atoms with Gasteiger partial charge in [-0.15, -0.1) is 0 Å². The van der Waals surface area contributed by atoms with E-state index in [1.165, 1.54) is 58.2 Å². The zero-order chi connectivity index (χ0) is 16.6. The molecule has 1 aliphatic rings. The van der Waals surface area contributed by atoms with E-state index in [-0.39, 0.29) is 0 Å². The van der Waals surface area contributed by atoms with Crippen LogP contribution < -0.4 is 0 Å². The number of hydrogen-bond donors (Lipinski definition) is 0. The Labute approximate surface area is 141 Å². The highest BCUT2D eigenvalue weighted by molar-refractivity contribution is 5.78. The molecular weight excluding hydrogens is 276 g/mol. The Balaban J connectivity index is 2.06. The Morgan fingerprint density at radius 3 is 2.13 bits per heavy atom. The van der Waals surface area contributed by atoms with E-state index in [4.69, 9.17) is 0 Å². The van der Waals surface area contributed by atoms with Crippen molar-refractivity contribution < 1.29 is 0 Å². The highest BCUT2D eigenvalue weighted by atomic mass is 14.2. The van der Waals surface area contributed by atoms with Crippen LogP contribution in [-0.4, -0.2) is 0 Å². The molecule has 1 aliphatic carbocycles. The fraction of sp³-hybridized carbons (Fsp3) is 0.391. The Hall–Kier alpha value is -1.82. The van der Waals surface area contributed by atoms with Gasteiger partial charge in [-0.25, -0.2) is 0 Å². The zero-order valence-corrected chi connectivity index (χ0v) is 15.2. The van der Waals surface area contributed by atoms with E-state index < -0.39 is 0 Å². The first-order chi connectivity index (χ1) is 11.0.